The van der Waals surface area contributed by atoms with Crippen molar-refractivity contribution in [2.75, 3.05) is 20.1 Å². The molecule has 0 atom stereocenters. The van der Waals surface area contributed by atoms with E-state index in [0.29, 0.717) is 6.04 Å². The molecule has 0 aliphatic carbocycles. The van der Waals surface area contributed by atoms with E-state index >= 15 is 0 Å². The summed E-state index contributed by atoms with van der Waals surface area (Å²) in [5.74, 6) is 0. The zero-order valence-electron chi connectivity index (χ0n) is 10.1. The minimum Gasteiger partial charge on any atom is -0.320 e. The Morgan fingerprint density at radius 3 is 2.00 bits per heavy atom. The van der Waals surface area contributed by atoms with Crippen molar-refractivity contribution in [3.63, 3.8) is 0 Å². The van der Waals surface area contributed by atoms with E-state index in [4.69, 9.17) is 0 Å². The average molecular weight is 192 g/mol. The highest BCUT2D eigenvalue weighted by Gasteiger charge is 1.91. The van der Waals surface area contributed by atoms with Gasteiger partial charge in [-0.2, -0.15) is 0 Å². The molecule has 0 aromatic rings. The normalized spacial score (nSPS) is 9.69. The molecule has 0 saturated carbocycles. The van der Waals surface area contributed by atoms with E-state index in [0.717, 1.165) is 6.54 Å². The highest BCUT2D eigenvalue weighted by Crippen LogP contribution is 1.92. The molecule has 86 valence electrons. The summed E-state index contributed by atoms with van der Waals surface area (Å²) in [7, 11) is 2.01. The van der Waals surface area contributed by atoms with E-state index < -0.39 is 0 Å². The van der Waals surface area contributed by atoms with Crippen LogP contribution >= 0.6 is 0 Å². The fourth-order valence-electron chi connectivity index (χ4n) is 0.994. The molecule has 0 fully saturated rings. The van der Waals surface area contributed by atoms with E-state index in [9.17, 15) is 0 Å². The van der Waals surface area contributed by atoms with Crippen molar-refractivity contribution in [1.29, 1.82) is 0 Å². The highest BCUT2D eigenvalue weighted by atomic mass is 14.9. The molecule has 0 aromatic carbocycles. The van der Waals surface area contributed by atoms with Gasteiger partial charge in [0.25, 0.3) is 0 Å². The Hall–Kier alpha value is -0.0800. The van der Waals surface area contributed by atoms with Crippen molar-refractivity contribution >= 4 is 0 Å². The van der Waals surface area contributed by atoms with E-state index in [-0.39, 0.29) is 2.85 Å². The van der Waals surface area contributed by atoms with Crippen molar-refractivity contribution in [3.8, 4) is 0 Å². The molecule has 0 radical (unpaired) electrons. The summed E-state index contributed by atoms with van der Waals surface area (Å²) in [4.78, 5) is 0. The van der Waals surface area contributed by atoms with Gasteiger partial charge < -0.3 is 10.6 Å². The third-order valence-electron chi connectivity index (χ3n) is 1.66. The van der Waals surface area contributed by atoms with Gasteiger partial charge in [0, 0.05) is 8.90 Å². The summed E-state index contributed by atoms with van der Waals surface area (Å²) in [5, 5.41) is 6.55. The van der Waals surface area contributed by atoms with Crippen molar-refractivity contribution in [2.45, 2.75) is 53.0 Å². The molecular formula is C11H32N2. The van der Waals surface area contributed by atoms with Crippen LogP contribution in [0.15, 0.2) is 0 Å². The molecule has 0 heterocycles. The summed E-state index contributed by atoms with van der Waals surface area (Å²) in [5.41, 5.74) is 0. The number of hydrogen-bond acceptors (Lipinski definition) is 2. The minimum absolute atomic E-state index is 0. The maximum atomic E-state index is 3.40. The van der Waals surface area contributed by atoms with Gasteiger partial charge in [-0.15, -0.1) is 0 Å². The SMILES string of the molecule is CC.CNCCCCCNC(C)C.[HH].[HH]. The van der Waals surface area contributed by atoms with Crippen LogP contribution in [0.4, 0.5) is 0 Å². The maximum Gasteiger partial charge on any atom is 0.00103 e. The summed E-state index contributed by atoms with van der Waals surface area (Å²) in [6.45, 7) is 10.7. The van der Waals surface area contributed by atoms with Crippen LogP contribution in [0.25, 0.3) is 0 Å². The highest BCUT2D eigenvalue weighted by molar-refractivity contribution is 4.53. The predicted octanol–water partition coefficient (Wildman–Crippen LogP) is 2.89. The topological polar surface area (TPSA) is 24.1 Å². The predicted molar refractivity (Wildman–Crippen MR) is 66.5 cm³/mol. The molecular weight excluding hydrogens is 160 g/mol. The van der Waals surface area contributed by atoms with Crippen LogP contribution < -0.4 is 10.6 Å². The lowest BCUT2D eigenvalue weighted by Crippen LogP contribution is -2.23. The molecule has 0 bridgehead atoms. The molecule has 0 aromatic heterocycles. The average Bonchev–Trinajstić information content (AvgIpc) is 2.14. The van der Waals surface area contributed by atoms with Crippen molar-refractivity contribution in [3.05, 3.63) is 0 Å². The molecule has 13 heavy (non-hydrogen) atoms. The summed E-state index contributed by atoms with van der Waals surface area (Å²) in [6.07, 6.45) is 3.94. The number of rotatable bonds is 7. The molecule has 2 nitrogen and oxygen atoms in total. The smallest absolute Gasteiger partial charge is 0.00103 e. The summed E-state index contributed by atoms with van der Waals surface area (Å²) < 4.78 is 0. The lowest BCUT2D eigenvalue weighted by molar-refractivity contribution is 0.544. The molecule has 2 N–H and O–H groups in total. The molecule has 0 saturated heterocycles. The second-order valence-corrected chi connectivity index (χ2v) is 3.27. The largest absolute Gasteiger partial charge is 0.320 e. The Bertz CT molecular complexity index is 81.0. The van der Waals surface area contributed by atoms with Crippen LogP contribution in [-0.4, -0.2) is 26.2 Å². The van der Waals surface area contributed by atoms with E-state index in [2.05, 4.69) is 24.5 Å². The first-order chi connectivity index (χ1) is 6.27. The van der Waals surface area contributed by atoms with Crippen LogP contribution in [0.1, 0.15) is 49.8 Å². The third kappa shape index (κ3) is 18.7. The Balaban J connectivity index is -0.000000142. The van der Waals surface area contributed by atoms with E-state index in [1.54, 1.807) is 0 Å². The van der Waals surface area contributed by atoms with Gasteiger partial charge in [-0.1, -0.05) is 34.1 Å². The van der Waals surface area contributed by atoms with Crippen molar-refractivity contribution in [2.24, 2.45) is 0 Å². The first kappa shape index (κ1) is 15.4. The van der Waals surface area contributed by atoms with Gasteiger partial charge in [-0.3, -0.25) is 0 Å². The Labute approximate surface area is 87.5 Å². The van der Waals surface area contributed by atoms with E-state index in [1.165, 1.54) is 25.8 Å². The second-order valence-electron chi connectivity index (χ2n) is 3.27. The maximum absolute atomic E-state index is 3.40. The first-order valence-corrected chi connectivity index (χ1v) is 5.65. The third-order valence-corrected chi connectivity index (χ3v) is 1.66. The van der Waals surface area contributed by atoms with Crippen LogP contribution in [0.5, 0.6) is 0 Å². The van der Waals surface area contributed by atoms with Crippen LogP contribution in [-0.2, 0) is 0 Å². The summed E-state index contributed by atoms with van der Waals surface area (Å²) >= 11 is 0. The molecule has 0 spiro atoms. The molecule has 0 unspecified atom stereocenters. The number of unbranched alkanes of at least 4 members (excludes halogenated alkanes) is 2. The van der Waals surface area contributed by atoms with Gasteiger partial charge in [0.15, 0.2) is 0 Å². The number of nitrogens with one attached hydrogen (secondary N) is 2. The minimum atomic E-state index is 0. The monoisotopic (exact) mass is 192 g/mol. The van der Waals surface area contributed by atoms with Gasteiger partial charge in [0.1, 0.15) is 0 Å². The number of hydrogen-bond donors (Lipinski definition) is 2. The fourth-order valence-corrected chi connectivity index (χ4v) is 0.994. The molecule has 0 rings (SSSR count). The quantitative estimate of drug-likeness (QED) is 0.606. The molecule has 0 aliphatic rings. The Morgan fingerprint density at radius 2 is 1.54 bits per heavy atom. The van der Waals surface area contributed by atoms with Gasteiger partial charge >= 0.3 is 0 Å². The first-order valence-electron chi connectivity index (χ1n) is 5.65. The van der Waals surface area contributed by atoms with Gasteiger partial charge in [0.2, 0.25) is 0 Å². The molecule has 0 amide bonds. The van der Waals surface area contributed by atoms with Crippen LogP contribution in [0.2, 0.25) is 0 Å². The summed E-state index contributed by atoms with van der Waals surface area (Å²) in [6, 6.07) is 0.638. The Kier molecular flexibility index (Phi) is 17.1. The van der Waals surface area contributed by atoms with Crippen molar-refractivity contribution in [1.82, 2.24) is 10.6 Å². The standard InChI is InChI=1S/C9H22N2.C2H6.2H2/c1-9(2)11-8-6-4-5-7-10-3;1-2;;/h9-11H,4-8H2,1-3H3;1-2H3;2*1H. The lowest BCUT2D eigenvalue weighted by Gasteiger charge is -2.06. The zero-order valence-corrected chi connectivity index (χ0v) is 10.1. The van der Waals surface area contributed by atoms with Gasteiger partial charge in [0.05, 0.1) is 0 Å². The zero-order chi connectivity index (χ0) is 10.5. The lowest BCUT2D eigenvalue weighted by atomic mass is 10.2. The van der Waals surface area contributed by atoms with Gasteiger partial charge in [-0.05, 0) is 33.0 Å². The van der Waals surface area contributed by atoms with Crippen LogP contribution in [0, 0.1) is 0 Å². The fraction of sp³-hybridized carbons (Fsp3) is 1.00. The van der Waals surface area contributed by atoms with Crippen molar-refractivity contribution < 1.29 is 2.85 Å². The van der Waals surface area contributed by atoms with E-state index in [1.807, 2.05) is 20.9 Å². The molecule has 0 aliphatic heterocycles. The second kappa shape index (κ2) is 14.4. The molecule has 2 heteroatoms. The van der Waals surface area contributed by atoms with Crippen LogP contribution in [0.3, 0.4) is 0 Å². The van der Waals surface area contributed by atoms with Gasteiger partial charge in [-0.25, -0.2) is 0 Å². The Morgan fingerprint density at radius 1 is 1.00 bits per heavy atom.